The topological polar surface area (TPSA) is 55.8 Å². The molecule has 31 heavy (non-hydrogen) atoms. The number of rotatable bonds is 9. The molecule has 1 N–H and O–H groups in total. The van der Waals surface area contributed by atoms with E-state index >= 15 is 0 Å². The maximum absolute atomic E-state index is 14.4. The number of benzene rings is 2. The highest BCUT2D eigenvalue weighted by Gasteiger charge is 2.33. The van der Waals surface area contributed by atoms with Gasteiger partial charge in [-0.2, -0.15) is 0 Å². The predicted molar refractivity (Wildman–Crippen MR) is 122 cm³/mol. The van der Waals surface area contributed by atoms with Gasteiger partial charge in [0.25, 0.3) is 0 Å². The van der Waals surface area contributed by atoms with Gasteiger partial charge in [-0.3, -0.25) is 4.79 Å². The molecule has 1 fully saturated rings. The van der Waals surface area contributed by atoms with Crippen LogP contribution in [-0.2, 0) is 11.4 Å². The molecule has 7 heteroatoms. The van der Waals surface area contributed by atoms with Crippen LogP contribution in [0.5, 0.6) is 11.5 Å². The van der Waals surface area contributed by atoms with Crippen molar-refractivity contribution < 1.29 is 23.8 Å². The van der Waals surface area contributed by atoms with E-state index in [1.807, 2.05) is 29.6 Å². The Morgan fingerprint density at radius 2 is 2.06 bits per heavy atom. The molecule has 0 saturated heterocycles. The maximum atomic E-state index is 14.4. The van der Waals surface area contributed by atoms with E-state index in [1.165, 1.54) is 17.4 Å². The molecular formula is C24H22BrFO4S. The predicted octanol–water partition coefficient (Wildman–Crippen LogP) is 6.87. The molecule has 1 atom stereocenters. The molecule has 1 heterocycles. The van der Waals surface area contributed by atoms with Crippen molar-refractivity contribution in [3.8, 4) is 21.9 Å². The fraction of sp³-hybridized carbons (Fsp3) is 0.292. The van der Waals surface area contributed by atoms with Crippen LogP contribution in [0.2, 0.25) is 0 Å². The van der Waals surface area contributed by atoms with Gasteiger partial charge < -0.3 is 14.6 Å². The SMILES string of the molecule is COc1ccc(F)c(-c2scc(COc3cccc(C(CC(=O)O)C4CC4)c3)c2Br)c1. The molecular weight excluding hydrogens is 483 g/mol. The van der Waals surface area contributed by atoms with Crippen LogP contribution in [-0.4, -0.2) is 18.2 Å². The van der Waals surface area contributed by atoms with Crippen LogP contribution in [0, 0.1) is 11.7 Å². The summed E-state index contributed by atoms with van der Waals surface area (Å²) in [6.07, 6.45) is 2.29. The second kappa shape index (κ2) is 9.40. The van der Waals surface area contributed by atoms with Gasteiger partial charge >= 0.3 is 5.97 Å². The van der Waals surface area contributed by atoms with E-state index in [2.05, 4.69) is 15.9 Å². The summed E-state index contributed by atoms with van der Waals surface area (Å²) in [5, 5.41) is 11.2. The van der Waals surface area contributed by atoms with Gasteiger partial charge in [0.05, 0.1) is 18.4 Å². The van der Waals surface area contributed by atoms with Gasteiger partial charge in [-0.25, -0.2) is 4.39 Å². The molecule has 0 radical (unpaired) electrons. The average Bonchev–Trinajstić information content (AvgIpc) is 3.54. The highest BCUT2D eigenvalue weighted by Crippen LogP contribution is 2.45. The fourth-order valence-corrected chi connectivity index (χ4v) is 5.54. The van der Waals surface area contributed by atoms with Crippen molar-refractivity contribution in [1.82, 2.24) is 0 Å². The summed E-state index contributed by atoms with van der Waals surface area (Å²) < 4.78 is 26.4. The Morgan fingerprint density at radius 3 is 2.77 bits per heavy atom. The number of hydrogen-bond donors (Lipinski definition) is 1. The minimum atomic E-state index is -0.775. The van der Waals surface area contributed by atoms with E-state index in [-0.39, 0.29) is 18.2 Å². The number of thiophene rings is 1. The van der Waals surface area contributed by atoms with Crippen molar-refractivity contribution in [2.24, 2.45) is 5.92 Å². The molecule has 3 aromatic rings. The Morgan fingerprint density at radius 1 is 1.26 bits per heavy atom. The molecule has 1 aromatic heterocycles. The van der Waals surface area contributed by atoms with Crippen LogP contribution in [0.3, 0.4) is 0 Å². The van der Waals surface area contributed by atoms with E-state index in [1.54, 1.807) is 19.2 Å². The highest BCUT2D eigenvalue weighted by atomic mass is 79.9. The first-order valence-corrected chi connectivity index (χ1v) is 11.7. The molecule has 2 aromatic carbocycles. The maximum Gasteiger partial charge on any atom is 0.303 e. The molecule has 162 valence electrons. The van der Waals surface area contributed by atoms with E-state index in [9.17, 15) is 14.3 Å². The number of halogens is 2. The second-order valence-corrected chi connectivity index (χ2v) is 9.33. The lowest BCUT2D eigenvalue weighted by atomic mass is 9.91. The summed E-state index contributed by atoms with van der Waals surface area (Å²) in [5.74, 6) is 0.670. The van der Waals surface area contributed by atoms with Gasteiger partial charge in [-0.1, -0.05) is 12.1 Å². The third kappa shape index (κ3) is 5.10. The number of ether oxygens (including phenoxy) is 2. The zero-order valence-electron chi connectivity index (χ0n) is 16.9. The monoisotopic (exact) mass is 504 g/mol. The normalized spacial score (nSPS) is 14.3. The van der Waals surface area contributed by atoms with E-state index in [4.69, 9.17) is 9.47 Å². The first-order chi connectivity index (χ1) is 15.0. The number of methoxy groups -OCH3 is 1. The Hall–Kier alpha value is -2.38. The molecule has 0 bridgehead atoms. The van der Waals surface area contributed by atoms with Crippen LogP contribution in [0.4, 0.5) is 4.39 Å². The minimum Gasteiger partial charge on any atom is -0.497 e. The van der Waals surface area contributed by atoms with Gasteiger partial charge in [0, 0.05) is 15.6 Å². The Bertz CT molecular complexity index is 1090. The van der Waals surface area contributed by atoms with Crippen molar-refractivity contribution >= 4 is 33.2 Å². The number of carbonyl (C=O) groups is 1. The largest absolute Gasteiger partial charge is 0.497 e. The third-order valence-corrected chi connectivity index (χ3v) is 7.71. The Labute approximate surface area is 192 Å². The molecule has 1 aliphatic rings. The first kappa shape index (κ1) is 21.8. The fourth-order valence-electron chi connectivity index (χ4n) is 3.70. The Balaban J connectivity index is 1.50. The van der Waals surface area contributed by atoms with Crippen molar-refractivity contribution in [3.05, 3.63) is 69.3 Å². The Kier molecular flexibility index (Phi) is 6.62. The first-order valence-electron chi connectivity index (χ1n) is 10.0. The quantitative estimate of drug-likeness (QED) is 0.345. The summed E-state index contributed by atoms with van der Waals surface area (Å²) in [5.41, 5.74) is 2.40. The van der Waals surface area contributed by atoms with Crippen molar-refractivity contribution in [1.29, 1.82) is 0 Å². The smallest absolute Gasteiger partial charge is 0.303 e. The van der Waals surface area contributed by atoms with Gasteiger partial charge in [-0.15, -0.1) is 11.3 Å². The van der Waals surface area contributed by atoms with Gasteiger partial charge in [0.2, 0.25) is 0 Å². The summed E-state index contributed by atoms with van der Waals surface area (Å²) >= 11 is 5.03. The summed E-state index contributed by atoms with van der Waals surface area (Å²) in [6.45, 7) is 0.319. The highest BCUT2D eigenvalue weighted by molar-refractivity contribution is 9.10. The second-order valence-electron chi connectivity index (χ2n) is 7.65. The molecule has 0 amide bonds. The van der Waals surface area contributed by atoms with E-state index in [0.717, 1.165) is 33.3 Å². The van der Waals surface area contributed by atoms with Crippen molar-refractivity contribution in [2.45, 2.75) is 31.8 Å². The van der Waals surface area contributed by atoms with Gasteiger partial charge in [0.1, 0.15) is 23.9 Å². The zero-order valence-corrected chi connectivity index (χ0v) is 19.3. The molecule has 1 aliphatic carbocycles. The lowest BCUT2D eigenvalue weighted by Gasteiger charge is -2.16. The number of hydrogen-bond acceptors (Lipinski definition) is 4. The van der Waals surface area contributed by atoms with Crippen LogP contribution >= 0.6 is 27.3 Å². The van der Waals surface area contributed by atoms with Gasteiger partial charge in [-0.05, 0) is 81.9 Å². The summed E-state index contributed by atoms with van der Waals surface area (Å²) in [7, 11) is 1.55. The van der Waals surface area contributed by atoms with Crippen LogP contribution in [0.1, 0.15) is 36.3 Å². The standard InChI is InChI=1S/C24H22BrFO4S/c1-29-17-7-8-21(26)20(10-17)24-23(25)16(13-31-24)12-30-18-4-2-3-15(9-18)19(11-22(27)28)14-5-6-14/h2-4,7-10,13-14,19H,5-6,11-12H2,1H3,(H,27,28). The minimum absolute atomic E-state index is 0.0246. The third-order valence-electron chi connectivity index (χ3n) is 5.48. The van der Waals surface area contributed by atoms with Crippen LogP contribution in [0.25, 0.3) is 10.4 Å². The average molecular weight is 505 g/mol. The van der Waals surface area contributed by atoms with Crippen molar-refractivity contribution in [2.75, 3.05) is 7.11 Å². The number of carboxylic acid groups (broad SMARTS) is 1. The van der Waals surface area contributed by atoms with Crippen LogP contribution < -0.4 is 9.47 Å². The van der Waals surface area contributed by atoms with E-state index < -0.39 is 5.97 Å². The lowest BCUT2D eigenvalue weighted by Crippen LogP contribution is -2.08. The molecule has 0 spiro atoms. The van der Waals surface area contributed by atoms with E-state index in [0.29, 0.717) is 29.6 Å². The molecule has 4 rings (SSSR count). The number of carboxylic acids is 1. The molecule has 1 unspecified atom stereocenters. The number of aliphatic carboxylic acids is 1. The summed E-state index contributed by atoms with van der Waals surface area (Å²) in [6, 6.07) is 12.4. The van der Waals surface area contributed by atoms with Gasteiger partial charge in [0.15, 0.2) is 0 Å². The lowest BCUT2D eigenvalue weighted by molar-refractivity contribution is -0.137. The molecule has 1 saturated carbocycles. The van der Waals surface area contributed by atoms with Crippen LogP contribution in [0.15, 0.2) is 52.3 Å². The zero-order chi connectivity index (χ0) is 22.0. The summed E-state index contributed by atoms with van der Waals surface area (Å²) in [4.78, 5) is 12.0. The van der Waals surface area contributed by atoms with Crippen molar-refractivity contribution in [3.63, 3.8) is 0 Å². The molecule has 0 aliphatic heterocycles. The molecule has 4 nitrogen and oxygen atoms in total.